The van der Waals surface area contributed by atoms with Crippen LogP contribution in [0.4, 0.5) is 5.69 Å². The molecule has 0 aliphatic heterocycles. The molecule has 1 amide bonds. The molecule has 2 N–H and O–H groups in total. The average molecular weight is 323 g/mol. The minimum absolute atomic E-state index is 0.0731. The summed E-state index contributed by atoms with van der Waals surface area (Å²) in [6.45, 7) is -0.296. The molecule has 0 aromatic heterocycles. The quantitative estimate of drug-likeness (QED) is 0.660. The Morgan fingerprint density at radius 2 is 1.67 bits per heavy atom. The second-order valence-corrected chi connectivity index (χ2v) is 4.94. The van der Waals surface area contributed by atoms with Gasteiger partial charge >= 0.3 is 0 Å². The summed E-state index contributed by atoms with van der Waals surface area (Å²) in [5, 5.41) is 11.0. The Hall–Kier alpha value is -2.04. The summed E-state index contributed by atoms with van der Waals surface area (Å²) in [7, 11) is 0. The van der Waals surface area contributed by atoms with E-state index in [1.807, 2.05) is 6.07 Å². The maximum absolute atomic E-state index is 11.8. The van der Waals surface area contributed by atoms with Crippen LogP contribution in [0.25, 0.3) is 0 Å². The van der Waals surface area contributed by atoms with Gasteiger partial charge in [0.2, 0.25) is 5.90 Å². The Bertz CT molecular complexity index is 640. The zero-order chi connectivity index (χ0) is 15.2. The minimum atomic E-state index is -0.439. The summed E-state index contributed by atoms with van der Waals surface area (Å²) < 4.78 is 5.13. The van der Waals surface area contributed by atoms with Crippen molar-refractivity contribution in [1.29, 1.82) is 5.41 Å². The van der Waals surface area contributed by atoms with Gasteiger partial charge in [0.05, 0.1) is 15.7 Å². The minimum Gasteiger partial charge on any atom is -0.468 e. The number of ether oxygens (including phenoxy) is 1. The molecular weight excluding hydrogens is 311 g/mol. The molecule has 0 spiro atoms. The summed E-state index contributed by atoms with van der Waals surface area (Å²) in [4.78, 5) is 11.8. The molecule has 0 fully saturated rings. The van der Waals surface area contributed by atoms with E-state index in [9.17, 15) is 4.79 Å². The van der Waals surface area contributed by atoms with Crippen molar-refractivity contribution in [3.63, 3.8) is 0 Å². The summed E-state index contributed by atoms with van der Waals surface area (Å²) in [5.74, 6) is -0.512. The van der Waals surface area contributed by atoms with Gasteiger partial charge in [0.15, 0.2) is 6.61 Å². The van der Waals surface area contributed by atoms with Gasteiger partial charge in [0, 0.05) is 5.56 Å². The molecule has 0 unspecified atom stereocenters. The van der Waals surface area contributed by atoms with Crippen molar-refractivity contribution in [2.24, 2.45) is 0 Å². The fraction of sp³-hybridized carbons (Fsp3) is 0.0667. The number of carbonyl (C=O) groups excluding carboxylic acids is 1. The highest BCUT2D eigenvalue weighted by molar-refractivity contribution is 6.39. The van der Waals surface area contributed by atoms with Gasteiger partial charge < -0.3 is 10.1 Å². The van der Waals surface area contributed by atoms with E-state index < -0.39 is 5.91 Å². The SMILES string of the molecule is N=C(OCC(=O)Nc1c(Cl)cccc1Cl)c1ccccc1. The van der Waals surface area contributed by atoms with Gasteiger partial charge in [-0.05, 0) is 24.3 Å². The largest absolute Gasteiger partial charge is 0.468 e. The molecule has 2 rings (SSSR count). The third kappa shape index (κ3) is 4.21. The predicted molar refractivity (Wildman–Crippen MR) is 84.3 cm³/mol. The van der Waals surface area contributed by atoms with Gasteiger partial charge in [-0.15, -0.1) is 0 Å². The van der Waals surface area contributed by atoms with Crippen LogP contribution in [0.3, 0.4) is 0 Å². The lowest BCUT2D eigenvalue weighted by Crippen LogP contribution is -2.21. The maximum Gasteiger partial charge on any atom is 0.262 e. The first-order valence-corrected chi connectivity index (χ1v) is 6.84. The fourth-order valence-electron chi connectivity index (χ4n) is 1.60. The number of benzene rings is 2. The molecule has 0 aliphatic rings. The number of nitrogens with one attached hydrogen (secondary N) is 2. The molecule has 0 radical (unpaired) electrons. The summed E-state index contributed by atoms with van der Waals surface area (Å²) in [5.41, 5.74) is 0.932. The number of amides is 1. The van der Waals surface area contributed by atoms with E-state index in [1.54, 1.807) is 42.5 Å². The van der Waals surface area contributed by atoms with E-state index in [0.29, 0.717) is 21.3 Å². The van der Waals surface area contributed by atoms with E-state index in [4.69, 9.17) is 33.3 Å². The van der Waals surface area contributed by atoms with Crippen molar-refractivity contribution in [2.75, 3.05) is 11.9 Å². The highest BCUT2D eigenvalue weighted by atomic mass is 35.5. The number of para-hydroxylation sites is 1. The van der Waals surface area contributed by atoms with Crippen LogP contribution in [-0.4, -0.2) is 18.4 Å². The molecule has 0 saturated heterocycles. The second-order valence-electron chi connectivity index (χ2n) is 4.13. The lowest BCUT2D eigenvalue weighted by atomic mass is 10.2. The fourth-order valence-corrected chi connectivity index (χ4v) is 2.10. The first-order valence-electron chi connectivity index (χ1n) is 6.08. The molecule has 0 heterocycles. The normalized spacial score (nSPS) is 10.0. The molecule has 0 saturated carbocycles. The molecule has 2 aromatic rings. The van der Waals surface area contributed by atoms with Crippen LogP contribution in [-0.2, 0) is 9.53 Å². The Kier molecular flexibility index (Phi) is 5.20. The monoisotopic (exact) mass is 322 g/mol. The van der Waals surface area contributed by atoms with Gasteiger partial charge in [-0.3, -0.25) is 10.2 Å². The number of anilines is 1. The molecule has 4 nitrogen and oxygen atoms in total. The van der Waals surface area contributed by atoms with Crippen LogP contribution in [0.5, 0.6) is 0 Å². The van der Waals surface area contributed by atoms with E-state index in [0.717, 1.165) is 0 Å². The number of halogens is 2. The zero-order valence-corrected chi connectivity index (χ0v) is 12.4. The first kappa shape index (κ1) is 15.4. The van der Waals surface area contributed by atoms with E-state index in [-0.39, 0.29) is 12.5 Å². The molecule has 0 bridgehead atoms. The van der Waals surface area contributed by atoms with Gasteiger partial charge in [-0.25, -0.2) is 0 Å². The Labute approximate surface area is 132 Å². The third-order valence-corrected chi connectivity index (χ3v) is 3.24. The maximum atomic E-state index is 11.8. The average Bonchev–Trinajstić information content (AvgIpc) is 2.49. The lowest BCUT2D eigenvalue weighted by molar-refractivity contribution is -0.118. The van der Waals surface area contributed by atoms with Crippen molar-refractivity contribution in [1.82, 2.24) is 0 Å². The molecule has 0 aliphatic carbocycles. The van der Waals surface area contributed by atoms with E-state index >= 15 is 0 Å². The molecular formula is C15H12Cl2N2O2. The number of hydrogen-bond acceptors (Lipinski definition) is 3. The van der Waals surface area contributed by atoms with Crippen LogP contribution < -0.4 is 5.32 Å². The van der Waals surface area contributed by atoms with Crippen LogP contribution in [0.15, 0.2) is 48.5 Å². The van der Waals surface area contributed by atoms with Crippen molar-refractivity contribution < 1.29 is 9.53 Å². The third-order valence-electron chi connectivity index (χ3n) is 2.61. The van der Waals surface area contributed by atoms with Gasteiger partial charge in [0.25, 0.3) is 5.91 Å². The van der Waals surface area contributed by atoms with Gasteiger partial charge in [0.1, 0.15) is 0 Å². The molecule has 0 atom stereocenters. The van der Waals surface area contributed by atoms with Crippen molar-refractivity contribution in [2.45, 2.75) is 0 Å². The van der Waals surface area contributed by atoms with E-state index in [2.05, 4.69) is 5.32 Å². The molecule has 21 heavy (non-hydrogen) atoms. The van der Waals surface area contributed by atoms with Crippen LogP contribution in [0, 0.1) is 5.41 Å². The summed E-state index contributed by atoms with van der Waals surface area (Å²) in [6.07, 6.45) is 0. The predicted octanol–water partition coefficient (Wildman–Crippen LogP) is 3.97. The smallest absolute Gasteiger partial charge is 0.262 e. The first-order chi connectivity index (χ1) is 10.1. The van der Waals surface area contributed by atoms with Crippen LogP contribution >= 0.6 is 23.2 Å². The Morgan fingerprint density at radius 3 is 2.29 bits per heavy atom. The topological polar surface area (TPSA) is 62.2 Å². The zero-order valence-electron chi connectivity index (χ0n) is 10.9. The number of carbonyl (C=O) groups is 1. The standard InChI is InChI=1S/C15H12Cl2N2O2/c16-11-7-4-8-12(17)14(11)19-13(20)9-21-15(18)10-5-2-1-3-6-10/h1-8,18H,9H2,(H,19,20). The Morgan fingerprint density at radius 1 is 1.05 bits per heavy atom. The van der Waals surface area contributed by atoms with Gasteiger partial charge in [-0.2, -0.15) is 0 Å². The second kappa shape index (κ2) is 7.11. The van der Waals surface area contributed by atoms with Crippen LogP contribution in [0.2, 0.25) is 10.0 Å². The highest BCUT2D eigenvalue weighted by Crippen LogP contribution is 2.29. The number of rotatable bonds is 4. The van der Waals surface area contributed by atoms with E-state index in [1.165, 1.54) is 0 Å². The molecule has 6 heteroatoms. The Balaban J connectivity index is 1.92. The summed E-state index contributed by atoms with van der Waals surface area (Å²) in [6, 6.07) is 13.8. The van der Waals surface area contributed by atoms with Crippen LogP contribution in [0.1, 0.15) is 5.56 Å². The van der Waals surface area contributed by atoms with Gasteiger partial charge in [-0.1, -0.05) is 47.5 Å². The van der Waals surface area contributed by atoms with Crippen molar-refractivity contribution in [3.8, 4) is 0 Å². The van der Waals surface area contributed by atoms with Crippen molar-refractivity contribution >= 4 is 40.7 Å². The molecule has 2 aromatic carbocycles. The highest BCUT2D eigenvalue weighted by Gasteiger charge is 2.11. The van der Waals surface area contributed by atoms with Crippen molar-refractivity contribution in [3.05, 3.63) is 64.1 Å². The lowest BCUT2D eigenvalue weighted by Gasteiger charge is -2.10. The molecule has 108 valence electrons. The summed E-state index contributed by atoms with van der Waals surface area (Å²) >= 11 is 11.9. The number of hydrogen-bond donors (Lipinski definition) is 2.